The van der Waals surface area contributed by atoms with Gasteiger partial charge in [0.2, 0.25) is 5.91 Å². The van der Waals surface area contributed by atoms with E-state index in [0.717, 1.165) is 10.2 Å². The van der Waals surface area contributed by atoms with E-state index >= 15 is 0 Å². The third kappa shape index (κ3) is 4.95. The molecule has 0 bridgehead atoms. The molecule has 8 heteroatoms. The molecule has 0 radical (unpaired) electrons. The number of carboxylic acid groups (broad SMARTS) is 1. The van der Waals surface area contributed by atoms with Crippen LogP contribution in [0.4, 0.5) is 10.5 Å². The molecule has 7 nitrogen and oxygen atoms in total. The minimum absolute atomic E-state index is 0.000693. The fraction of sp³-hybridized carbons (Fsp3) is 0.400. The van der Waals surface area contributed by atoms with Gasteiger partial charge in [-0.25, -0.2) is 4.79 Å². The van der Waals surface area contributed by atoms with E-state index in [9.17, 15) is 14.4 Å². The van der Waals surface area contributed by atoms with Gasteiger partial charge in [-0.2, -0.15) is 0 Å². The third-order valence-electron chi connectivity index (χ3n) is 3.48. The molecule has 0 aromatic heterocycles. The Kier molecular flexibility index (Phi) is 5.97. The van der Waals surface area contributed by atoms with Crippen molar-refractivity contribution in [3.05, 3.63) is 28.7 Å². The van der Waals surface area contributed by atoms with Gasteiger partial charge in [0.25, 0.3) is 0 Å². The minimum atomic E-state index is -0.900. The average molecular weight is 384 g/mol. The monoisotopic (exact) mass is 383 g/mol. The highest BCUT2D eigenvalue weighted by molar-refractivity contribution is 9.10. The number of amides is 3. The molecular formula is C15H18BrN3O4. The number of benzene rings is 1. The quantitative estimate of drug-likeness (QED) is 0.651. The summed E-state index contributed by atoms with van der Waals surface area (Å²) in [5, 5.41) is 13.7. The Balaban J connectivity index is 1.82. The van der Waals surface area contributed by atoms with E-state index < -0.39 is 18.0 Å². The third-order valence-corrected chi connectivity index (χ3v) is 3.98. The van der Waals surface area contributed by atoms with E-state index in [-0.39, 0.29) is 18.9 Å². The molecule has 1 unspecified atom stereocenters. The number of urea groups is 1. The van der Waals surface area contributed by atoms with E-state index in [2.05, 4.69) is 26.6 Å². The van der Waals surface area contributed by atoms with E-state index in [1.807, 2.05) is 24.3 Å². The second-order valence-corrected chi connectivity index (χ2v) is 6.12. The lowest BCUT2D eigenvalue weighted by Gasteiger charge is -2.17. The first-order valence-corrected chi connectivity index (χ1v) is 8.10. The molecule has 1 fully saturated rings. The zero-order chi connectivity index (χ0) is 16.8. The highest BCUT2D eigenvalue weighted by atomic mass is 79.9. The van der Waals surface area contributed by atoms with Gasteiger partial charge >= 0.3 is 12.0 Å². The number of carbonyl (C=O) groups excluding carboxylic acids is 2. The Morgan fingerprint density at radius 1 is 1.39 bits per heavy atom. The predicted molar refractivity (Wildman–Crippen MR) is 88.3 cm³/mol. The van der Waals surface area contributed by atoms with Gasteiger partial charge in [-0.05, 0) is 31.0 Å². The maximum absolute atomic E-state index is 12.4. The number of aliphatic carboxylic acids is 1. The molecule has 0 spiro atoms. The van der Waals surface area contributed by atoms with Gasteiger partial charge in [-0.1, -0.05) is 22.0 Å². The molecule has 3 N–H and O–H groups in total. The Morgan fingerprint density at radius 2 is 2.17 bits per heavy atom. The van der Waals surface area contributed by atoms with Crippen LogP contribution in [0.1, 0.15) is 19.3 Å². The van der Waals surface area contributed by atoms with Crippen LogP contribution in [0, 0.1) is 0 Å². The maximum atomic E-state index is 12.4. The summed E-state index contributed by atoms with van der Waals surface area (Å²) in [6, 6.07) is 6.41. The molecule has 1 aromatic rings. The highest BCUT2D eigenvalue weighted by Gasteiger charge is 2.33. The van der Waals surface area contributed by atoms with Crippen LogP contribution in [0.25, 0.3) is 0 Å². The zero-order valence-corrected chi connectivity index (χ0v) is 14.0. The fourth-order valence-corrected chi connectivity index (χ4v) is 2.75. The van der Waals surface area contributed by atoms with Crippen LogP contribution in [0.3, 0.4) is 0 Å². The molecule has 0 saturated carbocycles. The number of carbonyl (C=O) groups is 3. The van der Waals surface area contributed by atoms with Crippen LogP contribution in [-0.4, -0.2) is 42.1 Å². The van der Waals surface area contributed by atoms with Crippen molar-refractivity contribution in [1.82, 2.24) is 10.6 Å². The summed E-state index contributed by atoms with van der Waals surface area (Å²) in [6.07, 6.45) is 0.888. The summed E-state index contributed by atoms with van der Waals surface area (Å²) in [6.45, 7) is 0.799. The Labute approximate surface area is 142 Å². The number of anilines is 1. The summed E-state index contributed by atoms with van der Waals surface area (Å²) in [5.74, 6) is -1.05. The van der Waals surface area contributed by atoms with Gasteiger partial charge in [0, 0.05) is 29.7 Å². The predicted octanol–water partition coefficient (Wildman–Crippen LogP) is 1.72. The van der Waals surface area contributed by atoms with Crippen LogP contribution < -0.4 is 15.5 Å². The van der Waals surface area contributed by atoms with Gasteiger partial charge < -0.3 is 20.6 Å². The molecule has 0 aliphatic carbocycles. The molecule has 1 atom stereocenters. The number of hydrogen-bond acceptors (Lipinski definition) is 3. The van der Waals surface area contributed by atoms with Crippen molar-refractivity contribution >= 4 is 39.5 Å². The molecule has 124 valence electrons. The first-order chi connectivity index (χ1) is 11.0. The normalized spacial score (nSPS) is 17.2. The largest absolute Gasteiger partial charge is 0.481 e. The van der Waals surface area contributed by atoms with Crippen LogP contribution in [0.2, 0.25) is 0 Å². The lowest BCUT2D eigenvalue weighted by Crippen LogP contribution is -2.46. The summed E-state index contributed by atoms with van der Waals surface area (Å²) in [5.41, 5.74) is 0.788. The first-order valence-electron chi connectivity index (χ1n) is 7.30. The second-order valence-electron chi connectivity index (χ2n) is 5.21. The van der Waals surface area contributed by atoms with Crippen LogP contribution in [-0.2, 0) is 9.59 Å². The van der Waals surface area contributed by atoms with Crippen molar-refractivity contribution in [3.8, 4) is 0 Å². The molecule has 1 aliphatic heterocycles. The first kappa shape index (κ1) is 17.3. The number of nitrogens with zero attached hydrogens (tertiary/aromatic N) is 1. The van der Waals surface area contributed by atoms with Crippen LogP contribution >= 0.6 is 15.9 Å². The van der Waals surface area contributed by atoms with Gasteiger partial charge in [-0.3, -0.25) is 9.59 Å². The summed E-state index contributed by atoms with van der Waals surface area (Å²) < 4.78 is 0.885. The van der Waals surface area contributed by atoms with Gasteiger partial charge in [0.1, 0.15) is 6.04 Å². The molecule has 1 aliphatic rings. The van der Waals surface area contributed by atoms with Crippen LogP contribution in [0.15, 0.2) is 28.7 Å². The topological polar surface area (TPSA) is 98.7 Å². The minimum Gasteiger partial charge on any atom is -0.481 e. The smallest absolute Gasteiger partial charge is 0.315 e. The molecule has 1 saturated heterocycles. The van der Waals surface area contributed by atoms with Crippen molar-refractivity contribution in [2.24, 2.45) is 0 Å². The second kappa shape index (κ2) is 7.96. The average Bonchev–Trinajstić information content (AvgIpc) is 2.85. The number of nitrogens with one attached hydrogen (secondary N) is 2. The van der Waals surface area contributed by atoms with Crippen molar-refractivity contribution in [1.29, 1.82) is 0 Å². The van der Waals surface area contributed by atoms with E-state index in [1.54, 1.807) is 4.90 Å². The van der Waals surface area contributed by atoms with Crippen molar-refractivity contribution in [3.63, 3.8) is 0 Å². The maximum Gasteiger partial charge on any atom is 0.315 e. The molecule has 1 aromatic carbocycles. The lowest BCUT2D eigenvalue weighted by molar-refractivity contribution is -0.137. The SMILES string of the molecule is O=C(O)CCCNC(=O)NC1CCN(c2cccc(Br)c2)C1=O. The van der Waals surface area contributed by atoms with Crippen molar-refractivity contribution in [2.45, 2.75) is 25.3 Å². The molecule has 3 amide bonds. The van der Waals surface area contributed by atoms with E-state index in [4.69, 9.17) is 5.11 Å². The van der Waals surface area contributed by atoms with Crippen molar-refractivity contribution in [2.75, 3.05) is 18.0 Å². The van der Waals surface area contributed by atoms with Crippen LogP contribution in [0.5, 0.6) is 0 Å². The van der Waals surface area contributed by atoms with Gasteiger partial charge in [0.15, 0.2) is 0 Å². The number of halogens is 1. The molecule has 23 heavy (non-hydrogen) atoms. The lowest BCUT2D eigenvalue weighted by atomic mass is 10.2. The van der Waals surface area contributed by atoms with E-state index in [0.29, 0.717) is 19.4 Å². The Morgan fingerprint density at radius 3 is 2.87 bits per heavy atom. The Bertz CT molecular complexity index is 608. The number of rotatable bonds is 6. The summed E-state index contributed by atoms with van der Waals surface area (Å²) >= 11 is 3.37. The number of carboxylic acids is 1. The van der Waals surface area contributed by atoms with Gasteiger partial charge in [-0.15, -0.1) is 0 Å². The van der Waals surface area contributed by atoms with Crippen molar-refractivity contribution < 1.29 is 19.5 Å². The van der Waals surface area contributed by atoms with Gasteiger partial charge in [0.05, 0.1) is 0 Å². The molecule has 1 heterocycles. The summed E-state index contributed by atoms with van der Waals surface area (Å²) in [7, 11) is 0. The highest BCUT2D eigenvalue weighted by Crippen LogP contribution is 2.24. The Hall–Kier alpha value is -2.09. The fourth-order valence-electron chi connectivity index (χ4n) is 2.37. The number of hydrogen-bond donors (Lipinski definition) is 3. The zero-order valence-electron chi connectivity index (χ0n) is 12.4. The standard InChI is InChI=1S/C15H18BrN3O4/c16-10-3-1-4-11(9-10)19-8-6-12(14(19)22)18-15(23)17-7-2-5-13(20)21/h1,3-4,9,12H,2,5-8H2,(H,20,21)(H2,17,18,23). The molecular weight excluding hydrogens is 366 g/mol. The summed E-state index contributed by atoms with van der Waals surface area (Å²) in [4.78, 5) is 36.1. The van der Waals surface area contributed by atoms with E-state index in [1.165, 1.54) is 0 Å². The molecule has 2 rings (SSSR count).